The summed E-state index contributed by atoms with van der Waals surface area (Å²) in [7, 11) is 0. The van der Waals surface area contributed by atoms with Crippen LogP contribution in [0.25, 0.3) is 0 Å². The lowest BCUT2D eigenvalue weighted by molar-refractivity contribution is -0.139. The number of hydrogen-bond donors (Lipinski definition) is 2. The third kappa shape index (κ3) is 5.07. The van der Waals surface area contributed by atoms with Crippen LogP contribution in [0.1, 0.15) is 45.2 Å². The van der Waals surface area contributed by atoms with Crippen LogP contribution >= 0.6 is 34.8 Å². The molecule has 0 saturated heterocycles. The minimum atomic E-state index is -0.404. The van der Waals surface area contributed by atoms with Crippen molar-refractivity contribution in [3.63, 3.8) is 0 Å². The number of unbranched alkanes of at least 4 members (excludes halogenated alkanes) is 1. The molecule has 0 aliphatic carbocycles. The zero-order chi connectivity index (χ0) is 18.4. The van der Waals surface area contributed by atoms with E-state index >= 15 is 0 Å². The van der Waals surface area contributed by atoms with Gasteiger partial charge in [0.25, 0.3) is 0 Å². The van der Waals surface area contributed by atoms with Gasteiger partial charge in [-0.05, 0) is 73.3 Å². The van der Waals surface area contributed by atoms with E-state index in [1.807, 2.05) is 25.1 Å². The standard InChI is InChI=1S/C18H23IN2O3S/c1-4-6-9-24-14-8-7-12(19)10-13(14)16-15(17(22)23-5-2)11(3)20-18(25)21-16/h7-8,10,16H,4-6,9H2,1-3H3,(H2,20,21,25)/t16-/m0/s1. The first-order valence-electron chi connectivity index (χ1n) is 8.35. The molecule has 1 aromatic carbocycles. The van der Waals surface area contributed by atoms with Crippen molar-refractivity contribution < 1.29 is 14.3 Å². The van der Waals surface area contributed by atoms with Gasteiger partial charge in [0.1, 0.15) is 5.75 Å². The Morgan fingerprint density at radius 2 is 2.12 bits per heavy atom. The predicted octanol–water partition coefficient (Wildman–Crippen LogP) is 3.83. The average Bonchev–Trinajstić information content (AvgIpc) is 2.55. The van der Waals surface area contributed by atoms with Gasteiger partial charge in [-0.15, -0.1) is 0 Å². The lowest BCUT2D eigenvalue weighted by atomic mass is 9.95. The summed E-state index contributed by atoms with van der Waals surface area (Å²) < 4.78 is 12.3. The summed E-state index contributed by atoms with van der Waals surface area (Å²) in [5.41, 5.74) is 2.11. The first kappa shape index (κ1) is 20.0. The van der Waals surface area contributed by atoms with Gasteiger partial charge >= 0.3 is 5.97 Å². The Bertz CT molecular complexity index is 691. The molecule has 0 fully saturated rings. The number of carbonyl (C=O) groups is 1. The molecule has 1 aromatic rings. The number of ether oxygens (including phenoxy) is 2. The summed E-state index contributed by atoms with van der Waals surface area (Å²) in [4.78, 5) is 12.5. The molecule has 0 unspecified atom stereocenters. The average molecular weight is 474 g/mol. The fraction of sp³-hybridized carbons (Fsp3) is 0.444. The van der Waals surface area contributed by atoms with E-state index in [0.29, 0.717) is 29.6 Å². The fourth-order valence-electron chi connectivity index (χ4n) is 2.61. The van der Waals surface area contributed by atoms with Crippen molar-refractivity contribution in [3.05, 3.63) is 38.6 Å². The van der Waals surface area contributed by atoms with Crippen LogP contribution in [0.4, 0.5) is 0 Å². The first-order valence-corrected chi connectivity index (χ1v) is 9.84. The third-order valence-corrected chi connectivity index (χ3v) is 4.69. The highest BCUT2D eigenvalue weighted by Crippen LogP contribution is 2.34. The van der Waals surface area contributed by atoms with E-state index in [4.69, 9.17) is 21.7 Å². The van der Waals surface area contributed by atoms with Crippen LogP contribution in [0.2, 0.25) is 0 Å². The van der Waals surface area contributed by atoms with Crippen LogP contribution in [-0.2, 0) is 9.53 Å². The highest BCUT2D eigenvalue weighted by molar-refractivity contribution is 14.1. The number of thiocarbonyl (C=S) groups is 1. The Morgan fingerprint density at radius 3 is 2.80 bits per heavy atom. The van der Waals surface area contributed by atoms with Crippen molar-refractivity contribution in [2.24, 2.45) is 0 Å². The molecular formula is C18H23IN2O3S. The number of nitrogens with one attached hydrogen (secondary N) is 2. The number of rotatable bonds is 7. The molecule has 1 atom stereocenters. The minimum absolute atomic E-state index is 0.318. The Labute approximate surface area is 167 Å². The van der Waals surface area contributed by atoms with Crippen LogP contribution in [0.3, 0.4) is 0 Å². The number of carbonyl (C=O) groups excluding carboxylic acids is 1. The van der Waals surface area contributed by atoms with Gasteiger partial charge in [0.2, 0.25) is 0 Å². The van der Waals surface area contributed by atoms with Crippen molar-refractivity contribution in [2.45, 2.75) is 39.7 Å². The molecule has 0 bridgehead atoms. The summed E-state index contributed by atoms with van der Waals surface area (Å²) in [5, 5.41) is 6.68. The Kier molecular flexibility index (Phi) is 7.49. The van der Waals surface area contributed by atoms with Crippen molar-refractivity contribution in [2.75, 3.05) is 13.2 Å². The molecule has 1 aliphatic rings. The number of halogens is 1. The third-order valence-electron chi connectivity index (χ3n) is 3.80. The van der Waals surface area contributed by atoms with E-state index in [1.165, 1.54) is 0 Å². The quantitative estimate of drug-likeness (QED) is 0.271. The summed E-state index contributed by atoms with van der Waals surface area (Å²) in [6, 6.07) is 5.54. The molecule has 2 rings (SSSR count). The molecular weight excluding hydrogens is 451 g/mol. The van der Waals surface area contributed by atoms with Crippen molar-refractivity contribution >= 4 is 45.9 Å². The SMILES string of the molecule is CCCCOc1ccc(I)cc1[C@@H]1NC(=S)NC(C)=C1C(=O)OCC. The normalized spacial score (nSPS) is 17.0. The molecule has 5 nitrogen and oxygen atoms in total. The molecule has 0 radical (unpaired) electrons. The van der Waals surface area contributed by atoms with Gasteiger partial charge in [-0.1, -0.05) is 13.3 Å². The molecule has 0 aromatic heterocycles. The highest BCUT2D eigenvalue weighted by atomic mass is 127. The maximum absolute atomic E-state index is 12.5. The van der Waals surface area contributed by atoms with Gasteiger partial charge in [0, 0.05) is 14.8 Å². The molecule has 2 N–H and O–H groups in total. The lowest BCUT2D eigenvalue weighted by Gasteiger charge is -2.31. The van der Waals surface area contributed by atoms with E-state index in [1.54, 1.807) is 6.92 Å². The smallest absolute Gasteiger partial charge is 0.338 e. The van der Waals surface area contributed by atoms with E-state index in [2.05, 4.69) is 40.1 Å². The minimum Gasteiger partial charge on any atom is -0.493 e. The fourth-order valence-corrected chi connectivity index (χ4v) is 3.40. The van der Waals surface area contributed by atoms with E-state index in [0.717, 1.165) is 27.7 Å². The number of esters is 1. The van der Waals surface area contributed by atoms with Gasteiger partial charge in [0.05, 0.1) is 24.8 Å². The molecule has 1 heterocycles. The van der Waals surface area contributed by atoms with E-state index < -0.39 is 6.04 Å². The van der Waals surface area contributed by atoms with Crippen LogP contribution < -0.4 is 15.4 Å². The van der Waals surface area contributed by atoms with Crippen LogP contribution in [-0.4, -0.2) is 24.3 Å². The number of benzene rings is 1. The Balaban J connectivity index is 2.45. The van der Waals surface area contributed by atoms with Gasteiger partial charge in [0.15, 0.2) is 5.11 Å². The van der Waals surface area contributed by atoms with E-state index in [-0.39, 0.29) is 5.97 Å². The maximum atomic E-state index is 12.5. The maximum Gasteiger partial charge on any atom is 0.338 e. The van der Waals surface area contributed by atoms with Gasteiger partial charge in [-0.25, -0.2) is 4.79 Å². The summed E-state index contributed by atoms with van der Waals surface area (Å²) in [6.45, 7) is 6.70. The monoisotopic (exact) mass is 474 g/mol. The highest BCUT2D eigenvalue weighted by Gasteiger charge is 2.32. The second kappa shape index (κ2) is 9.38. The molecule has 0 amide bonds. The zero-order valence-corrected chi connectivity index (χ0v) is 17.6. The molecule has 0 saturated carbocycles. The number of allylic oxidation sites excluding steroid dienone is 1. The van der Waals surface area contributed by atoms with Crippen molar-refractivity contribution in [1.82, 2.24) is 10.6 Å². The van der Waals surface area contributed by atoms with Crippen molar-refractivity contribution in [1.29, 1.82) is 0 Å². The summed E-state index contributed by atoms with van der Waals surface area (Å²) >= 11 is 7.55. The molecule has 7 heteroatoms. The lowest BCUT2D eigenvalue weighted by Crippen LogP contribution is -2.45. The van der Waals surface area contributed by atoms with Crippen molar-refractivity contribution in [3.8, 4) is 5.75 Å². The van der Waals surface area contributed by atoms with Gasteiger partial charge in [-0.3, -0.25) is 0 Å². The molecule has 0 spiro atoms. The second-order valence-electron chi connectivity index (χ2n) is 5.67. The van der Waals surface area contributed by atoms with Crippen LogP contribution in [0, 0.1) is 3.57 Å². The summed E-state index contributed by atoms with van der Waals surface area (Å²) in [6.07, 6.45) is 2.03. The predicted molar refractivity (Wildman–Crippen MR) is 111 cm³/mol. The molecule has 1 aliphatic heterocycles. The topological polar surface area (TPSA) is 59.6 Å². The largest absolute Gasteiger partial charge is 0.493 e. The second-order valence-corrected chi connectivity index (χ2v) is 7.33. The summed E-state index contributed by atoms with van der Waals surface area (Å²) in [5.74, 6) is 0.400. The Hall–Kier alpha value is -1.35. The Morgan fingerprint density at radius 1 is 1.36 bits per heavy atom. The number of hydrogen-bond acceptors (Lipinski definition) is 4. The zero-order valence-electron chi connectivity index (χ0n) is 14.6. The van der Waals surface area contributed by atoms with Gasteiger partial charge in [-0.2, -0.15) is 0 Å². The first-order chi connectivity index (χ1) is 12.0. The van der Waals surface area contributed by atoms with Crippen LogP contribution in [0.5, 0.6) is 5.75 Å². The van der Waals surface area contributed by atoms with Gasteiger partial charge < -0.3 is 20.1 Å². The molecule has 25 heavy (non-hydrogen) atoms. The van der Waals surface area contributed by atoms with Crippen LogP contribution in [0.15, 0.2) is 29.5 Å². The van der Waals surface area contributed by atoms with E-state index in [9.17, 15) is 4.79 Å². The molecule has 136 valence electrons.